The highest BCUT2D eigenvalue weighted by Crippen LogP contribution is 2.25. The number of nitrogens with zero attached hydrogens (tertiary/aromatic N) is 1. The van der Waals surface area contributed by atoms with Gasteiger partial charge in [-0.1, -0.05) is 0 Å². The smallest absolute Gasteiger partial charge is 0.407 e. The minimum absolute atomic E-state index is 0.237. The van der Waals surface area contributed by atoms with Gasteiger partial charge >= 0.3 is 6.09 Å². The number of ether oxygens (including phenoxy) is 1. The largest absolute Gasteiger partial charge is 0.444 e. The van der Waals surface area contributed by atoms with Gasteiger partial charge in [-0.25, -0.2) is 9.78 Å². The van der Waals surface area contributed by atoms with Crippen LogP contribution in [0.25, 0.3) is 0 Å². The van der Waals surface area contributed by atoms with Crippen LogP contribution >= 0.6 is 22.6 Å². The molecule has 0 unspecified atom stereocenters. The van der Waals surface area contributed by atoms with E-state index in [1.807, 2.05) is 33.0 Å². The Balaban J connectivity index is 1.67. The summed E-state index contributed by atoms with van der Waals surface area (Å²) in [4.78, 5) is 16.1. The Hall–Kier alpha value is -1.05. The molecule has 0 saturated heterocycles. The highest BCUT2D eigenvalue weighted by Gasteiger charge is 2.24. The number of halogens is 1. The van der Waals surface area contributed by atoms with Crippen LogP contribution in [0.4, 0.5) is 10.5 Å². The molecule has 2 N–H and O–H groups in total. The number of anilines is 1. The van der Waals surface area contributed by atoms with Crippen molar-refractivity contribution < 1.29 is 9.53 Å². The van der Waals surface area contributed by atoms with Gasteiger partial charge in [0.15, 0.2) is 0 Å². The van der Waals surface area contributed by atoms with Crippen molar-refractivity contribution in [3.05, 3.63) is 22.0 Å². The van der Waals surface area contributed by atoms with Gasteiger partial charge in [-0.05, 0) is 87.1 Å². The van der Waals surface area contributed by atoms with Crippen LogP contribution in [0.2, 0.25) is 0 Å². The summed E-state index contributed by atoms with van der Waals surface area (Å²) < 4.78 is 6.31. The Morgan fingerprint density at radius 3 is 2.57 bits per heavy atom. The molecule has 128 valence electrons. The number of carbonyl (C=O) groups is 1. The van der Waals surface area contributed by atoms with Gasteiger partial charge in [-0.15, -0.1) is 0 Å². The van der Waals surface area contributed by atoms with Gasteiger partial charge in [0, 0.05) is 12.6 Å². The van der Waals surface area contributed by atoms with Crippen LogP contribution in [0.5, 0.6) is 0 Å². The molecule has 1 aromatic rings. The number of aromatic nitrogens is 1. The zero-order valence-electron chi connectivity index (χ0n) is 14.1. The first kappa shape index (κ1) is 18.3. The Labute approximate surface area is 152 Å². The molecule has 1 heterocycles. The van der Waals surface area contributed by atoms with E-state index in [2.05, 4.69) is 44.3 Å². The van der Waals surface area contributed by atoms with Crippen LogP contribution in [-0.4, -0.2) is 29.3 Å². The van der Waals surface area contributed by atoms with Crippen LogP contribution in [-0.2, 0) is 4.74 Å². The third-order valence-electron chi connectivity index (χ3n) is 3.89. The molecule has 1 aliphatic rings. The van der Waals surface area contributed by atoms with Gasteiger partial charge in [-0.3, -0.25) is 0 Å². The molecule has 1 aliphatic carbocycles. The SMILES string of the molecule is CC(C)(C)OC(=O)NC1CCC(CNc2ccc(I)nc2)CC1. The molecule has 1 fully saturated rings. The van der Waals surface area contributed by atoms with Crippen LogP contribution in [0, 0.1) is 9.62 Å². The fourth-order valence-corrected chi connectivity index (χ4v) is 3.05. The monoisotopic (exact) mass is 431 g/mol. The van der Waals surface area contributed by atoms with Crippen molar-refractivity contribution >= 4 is 34.4 Å². The second-order valence-electron chi connectivity index (χ2n) is 7.11. The average molecular weight is 431 g/mol. The summed E-state index contributed by atoms with van der Waals surface area (Å²) >= 11 is 2.20. The first-order chi connectivity index (χ1) is 10.8. The fraction of sp³-hybridized carbons (Fsp3) is 0.647. The topological polar surface area (TPSA) is 63.2 Å². The quantitative estimate of drug-likeness (QED) is 0.555. The first-order valence-corrected chi connectivity index (χ1v) is 9.24. The van der Waals surface area contributed by atoms with Crippen LogP contribution in [0.15, 0.2) is 18.3 Å². The van der Waals surface area contributed by atoms with E-state index in [0.717, 1.165) is 41.6 Å². The van der Waals surface area contributed by atoms with Gasteiger partial charge in [0.25, 0.3) is 0 Å². The lowest BCUT2D eigenvalue weighted by atomic mass is 9.86. The van der Waals surface area contributed by atoms with Crippen molar-refractivity contribution in [2.75, 3.05) is 11.9 Å². The highest BCUT2D eigenvalue weighted by molar-refractivity contribution is 14.1. The van der Waals surface area contributed by atoms with Gasteiger partial charge in [0.1, 0.15) is 9.30 Å². The Morgan fingerprint density at radius 2 is 2.00 bits per heavy atom. The van der Waals surface area contributed by atoms with E-state index in [9.17, 15) is 4.79 Å². The Morgan fingerprint density at radius 1 is 1.30 bits per heavy atom. The second kappa shape index (κ2) is 8.17. The summed E-state index contributed by atoms with van der Waals surface area (Å²) in [5.41, 5.74) is 0.631. The predicted molar refractivity (Wildman–Crippen MR) is 101 cm³/mol. The zero-order valence-corrected chi connectivity index (χ0v) is 16.2. The van der Waals surface area contributed by atoms with E-state index < -0.39 is 5.60 Å². The van der Waals surface area contributed by atoms with Crippen molar-refractivity contribution in [1.82, 2.24) is 10.3 Å². The number of pyridine rings is 1. The summed E-state index contributed by atoms with van der Waals surface area (Å²) in [5, 5.41) is 6.43. The fourth-order valence-electron chi connectivity index (χ4n) is 2.73. The van der Waals surface area contributed by atoms with Crippen molar-refractivity contribution in [3.63, 3.8) is 0 Å². The van der Waals surface area contributed by atoms with E-state index >= 15 is 0 Å². The van der Waals surface area contributed by atoms with Crippen molar-refractivity contribution in [2.24, 2.45) is 5.92 Å². The molecule has 1 aromatic heterocycles. The van der Waals surface area contributed by atoms with Gasteiger partial charge < -0.3 is 15.4 Å². The van der Waals surface area contributed by atoms with Crippen LogP contribution < -0.4 is 10.6 Å². The second-order valence-corrected chi connectivity index (χ2v) is 8.22. The van der Waals surface area contributed by atoms with E-state index in [1.165, 1.54) is 0 Å². The maximum atomic E-state index is 11.8. The highest BCUT2D eigenvalue weighted by atomic mass is 127. The van der Waals surface area contributed by atoms with Crippen molar-refractivity contribution in [3.8, 4) is 0 Å². The minimum Gasteiger partial charge on any atom is -0.444 e. The Bertz CT molecular complexity index is 506. The normalized spacial score (nSPS) is 21.6. The van der Waals surface area contributed by atoms with E-state index in [-0.39, 0.29) is 12.1 Å². The summed E-state index contributed by atoms with van der Waals surface area (Å²) in [6.07, 6.45) is 5.82. The number of amides is 1. The van der Waals surface area contributed by atoms with Crippen LogP contribution in [0.1, 0.15) is 46.5 Å². The molecule has 23 heavy (non-hydrogen) atoms. The third kappa shape index (κ3) is 6.93. The summed E-state index contributed by atoms with van der Waals surface area (Å²) in [5.74, 6) is 0.644. The molecule has 0 bridgehead atoms. The van der Waals surface area contributed by atoms with Gasteiger partial charge in [0.05, 0.1) is 11.9 Å². The van der Waals surface area contributed by atoms with E-state index in [4.69, 9.17) is 4.74 Å². The minimum atomic E-state index is -0.438. The predicted octanol–water partition coefficient (Wildman–Crippen LogP) is 4.18. The van der Waals surface area contributed by atoms with Gasteiger partial charge in [0.2, 0.25) is 0 Å². The summed E-state index contributed by atoms with van der Waals surface area (Å²) in [7, 11) is 0. The molecular weight excluding hydrogens is 405 g/mol. The molecule has 6 heteroatoms. The van der Waals surface area contributed by atoms with E-state index in [0.29, 0.717) is 5.92 Å². The molecule has 2 rings (SSSR count). The first-order valence-electron chi connectivity index (χ1n) is 8.17. The maximum Gasteiger partial charge on any atom is 0.407 e. The standard InChI is InChI=1S/C17H26IN3O2/c1-17(2,3)23-16(22)21-13-6-4-12(5-7-13)10-19-14-8-9-15(18)20-11-14/h8-9,11-13,19H,4-7,10H2,1-3H3,(H,21,22). The lowest BCUT2D eigenvalue weighted by Gasteiger charge is -2.30. The average Bonchev–Trinajstić information content (AvgIpc) is 2.46. The number of nitrogens with one attached hydrogen (secondary N) is 2. The molecule has 1 amide bonds. The lowest BCUT2D eigenvalue weighted by Crippen LogP contribution is -2.41. The molecule has 0 aliphatic heterocycles. The number of carbonyl (C=O) groups excluding carboxylic acids is 1. The van der Waals surface area contributed by atoms with Crippen LogP contribution in [0.3, 0.4) is 0 Å². The molecule has 0 spiro atoms. The molecule has 0 atom stereocenters. The molecule has 0 radical (unpaired) electrons. The number of hydrogen-bond donors (Lipinski definition) is 2. The molecule has 1 saturated carbocycles. The molecule has 5 nitrogen and oxygen atoms in total. The Kier molecular flexibility index (Phi) is 6.50. The zero-order chi connectivity index (χ0) is 16.9. The number of rotatable bonds is 4. The van der Waals surface area contributed by atoms with Gasteiger partial charge in [-0.2, -0.15) is 0 Å². The molecule has 0 aromatic carbocycles. The lowest BCUT2D eigenvalue weighted by molar-refractivity contribution is 0.0488. The van der Waals surface area contributed by atoms with Crippen molar-refractivity contribution in [2.45, 2.75) is 58.1 Å². The van der Waals surface area contributed by atoms with Crippen molar-refractivity contribution in [1.29, 1.82) is 0 Å². The summed E-state index contributed by atoms with van der Waals surface area (Å²) in [6, 6.07) is 4.30. The third-order valence-corrected chi connectivity index (χ3v) is 4.53. The molecular formula is C17H26IN3O2. The number of hydrogen-bond acceptors (Lipinski definition) is 4. The number of alkyl carbamates (subject to hydrolysis) is 1. The maximum absolute atomic E-state index is 11.8. The summed E-state index contributed by atoms with van der Waals surface area (Å²) in [6.45, 7) is 6.61. The van der Waals surface area contributed by atoms with E-state index in [1.54, 1.807) is 0 Å².